The van der Waals surface area contributed by atoms with Gasteiger partial charge in [-0.15, -0.1) is 24.0 Å². The van der Waals surface area contributed by atoms with Crippen molar-refractivity contribution < 1.29 is 4.52 Å². The van der Waals surface area contributed by atoms with Gasteiger partial charge in [-0.25, -0.2) is 4.99 Å². The molecule has 2 aromatic rings. The molecule has 158 valence electrons. The second-order valence-electron chi connectivity index (χ2n) is 7.32. The molecule has 1 atom stereocenters. The van der Waals surface area contributed by atoms with E-state index in [1.807, 2.05) is 24.3 Å². The molecule has 1 aromatic carbocycles. The number of aromatic nitrogens is 2. The van der Waals surface area contributed by atoms with Gasteiger partial charge in [-0.2, -0.15) is 4.98 Å². The third-order valence-corrected chi connectivity index (χ3v) is 5.60. The summed E-state index contributed by atoms with van der Waals surface area (Å²) in [7, 11) is 0. The van der Waals surface area contributed by atoms with E-state index >= 15 is 0 Å². The van der Waals surface area contributed by atoms with Crippen LogP contribution in [0.25, 0.3) is 11.4 Å². The number of aliphatic imine (C=N–C) groups is 1. The molecule has 0 saturated carbocycles. The third kappa shape index (κ3) is 5.61. The first-order chi connectivity index (χ1) is 13.7. The number of hydrogen-bond donors (Lipinski definition) is 1. The number of likely N-dealkylation sites (tertiary alicyclic amines) is 2. The molecule has 0 amide bonds. The SMILES string of the molecule is CCNC(=NCc1nc(-c2cccc(Cl)c2)no1)N1CCC(N2CCCC2)C1.I. The van der Waals surface area contributed by atoms with Crippen LogP contribution in [-0.2, 0) is 6.54 Å². The molecular weight excluding hydrogens is 503 g/mol. The van der Waals surface area contributed by atoms with Gasteiger partial charge in [-0.1, -0.05) is 28.9 Å². The van der Waals surface area contributed by atoms with Crippen molar-refractivity contribution in [1.29, 1.82) is 0 Å². The largest absolute Gasteiger partial charge is 0.357 e. The Morgan fingerprint density at radius 2 is 2.14 bits per heavy atom. The summed E-state index contributed by atoms with van der Waals surface area (Å²) in [6, 6.07) is 8.08. The molecule has 2 aliphatic heterocycles. The Hall–Kier alpha value is -1.39. The van der Waals surface area contributed by atoms with E-state index in [-0.39, 0.29) is 24.0 Å². The topological polar surface area (TPSA) is 69.8 Å². The number of nitrogens with one attached hydrogen (secondary N) is 1. The van der Waals surface area contributed by atoms with Gasteiger partial charge < -0.3 is 14.7 Å². The molecule has 3 heterocycles. The summed E-state index contributed by atoms with van der Waals surface area (Å²) in [6.45, 7) is 7.82. The van der Waals surface area contributed by atoms with Gasteiger partial charge in [0, 0.05) is 36.3 Å². The standard InChI is InChI=1S/C20H27ClN6O.HI/c1-2-22-20(27-11-8-17(14-27)26-9-3-4-10-26)23-13-18-24-19(25-28-18)15-6-5-7-16(21)12-15;/h5-7,12,17H,2-4,8-11,13-14H2,1H3,(H,22,23);1H. The van der Waals surface area contributed by atoms with E-state index in [0.717, 1.165) is 31.2 Å². The molecule has 7 nitrogen and oxygen atoms in total. The van der Waals surface area contributed by atoms with Crippen LogP contribution >= 0.6 is 35.6 Å². The minimum Gasteiger partial charge on any atom is -0.357 e. The van der Waals surface area contributed by atoms with Crippen molar-refractivity contribution in [2.45, 2.75) is 38.8 Å². The van der Waals surface area contributed by atoms with Crippen molar-refractivity contribution in [3.63, 3.8) is 0 Å². The van der Waals surface area contributed by atoms with Gasteiger partial charge in [0.1, 0.15) is 6.54 Å². The maximum atomic E-state index is 6.05. The Kier molecular flexibility index (Phi) is 8.14. The van der Waals surface area contributed by atoms with Crippen LogP contribution < -0.4 is 5.32 Å². The van der Waals surface area contributed by atoms with E-state index < -0.39 is 0 Å². The molecule has 29 heavy (non-hydrogen) atoms. The summed E-state index contributed by atoms with van der Waals surface area (Å²) in [5.74, 6) is 1.96. The molecular formula is C20H28ClIN6O. The van der Waals surface area contributed by atoms with Crippen molar-refractivity contribution in [3.8, 4) is 11.4 Å². The van der Waals surface area contributed by atoms with Crippen molar-refractivity contribution in [1.82, 2.24) is 25.3 Å². The molecule has 1 aromatic heterocycles. The van der Waals surface area contributed by atoms with Gasteiger partial charge in [-0.05, 0) is 51.4 Å². The summed E-state index contributed by atoms with van der Waals surface area (Å²) in [4.78, 5) is 14.2. The zero-order chi connectivity index (χ0) is 19.3. The van der Waals surface area contributed by atoms with Crippen molar-refractivity contribution in [2.24, 2.45) is 4.99 Å². The Morgan fingerprint density at radius 3 is 2.90 bits per heavy atom. The quantitative estimate of drug-likeness (QED) is 0.362. The highest BCUT2D eigenvalue weighted by Crippen LogP contribution is 2.22. The number of hydrogen-bond acceptors (Lipinski definition) is 5. The Bertz CT molecular complexity index is 823. The van der Waals surface area contributed by atoms with Gasteiger partial charge >= 0.3 is 0 Å². The first-order valence-corrected chi connectivity index (χ1v) is 10.5. The summed E-state index contributed by atoms with van der Waals surface area (Å²) < 4.78 is 5.39. The van der Waals surface area contributed by atoms with E-state index in [4.69, 9.17) is 21.1 Å². The molecule has 0 radical (unpaired) electrons. The van der Waals surface area contributed by atoms with Crippen LogP contribution in [0.15, 0.2) is 33.8 Å². The lowest BCUT2D eigenvalue weighted by molar-refractivity contribution is 0.249. The minimum atomic E-state index is 0. The van der Waals surface area contributed by atoms with Crippen LogP contribution in [0.4, 0.5) is 0 Å². The minimum absolute atomic E-state index is 0. The molecule has 9 heteroatoms. The molecule has 2 saturated heterocycles. The van der Waals surface area contributed by atoms with Crippen LogP contribution in [-0.4, -0.2) is 64.7 Å². The smallest absolute Gasteiger partial charge is 0.248 e. The molecule has 1 N–H and O–H groups in total. The number of halogens is 2. The van der Waals surface area contributed by atoms with Gasteiger partial charge in [0.05, 0.1) is 0 Å². The summed E-state index contributed by atoms with van der Waals surface area (Å²) in [5.41, 5.74) is 0.839. The van der Waals surface area contributed by atoms with Crippen LogP contribution in [0, 0.1) is 0 Å². The highest BCUT2D eigenvalue weighted by molar-refractivity contribution is 14.0. The zero-order valence-electron chi connectivity index (χ0n) is 16.7. The molecule has 2 fully saturated rings. The molecule has 2 aliphatic rings. The predicted molar refractivity (Wildman–Crippen MR) is 126 cm³/mol. The van der Waals surface area contributed by atoms with Gasteiger partial charge in [-0.3, -0.25) is 4.90 Å². The maximum Gasteiger partial charge on any atom is 0.248 e. The van der Waals surface area contributed by atoms with E-state index in [1.165, 1.54) is 32.4 Å². The van der Waals surface area contributed by atoms with Gasteiger partial charge in [0.15, 0.2) is 5.96 Å². The first-order valence-electron chi connectivity index (χ1n) is 10.1. The first kappa shape index (κ1) is 22.3. The highest BCUT2D eigenvalue weighted by Gasteiger charge is 2.30. The third-order valence-electron chi connectivity index (χ3n) is 5.37. The fraction of sp³-hybridized carbons (Fsp3) is 0.550. The van der Waals surface area contributed by atoms with Crippen LogP contribution in [0.3, 0.4) is 0 Å². The second kappa shape index (κ2) is 10.6. The molecule has 0 bridgehead atoms. The summed E-state index contributed by atoms with van der Waals surface area (Å²) in [6.07, 6.45) is 3.86. The van der Waals surface area contributed by atoms with E-state index in [2.05, 4.69) is 32.2 Å². The average Bonchev–Trinajstić information content (AvgIpc) is 3.46. The molecule has 4 rings (SSSR count). The van der Waals surface area contributed by atoms with Crippen LogP contribution in [0.2, 0.25) is 5.02 Å². The number of nitrogens with zero attached hydrogens (tertiary/aromatic N) is 5. The van der Waals surface area contributed by atoms with Gasteiger partial charge in [0.25, 0.3) is 0 Å². The second-order valence-corrected chi connectivity index (χ2v) is 7.76. The van der Waals surface area contributed by atoms with E-state index in [1.54, 1.807) is 0 Å². The number of guanidine groups is 1. The average molecular weight is 531 g/mol. The number of rotatable bonds is 5. The zero-order valence-corrected chi connectivity index (χ0v) is 19.8. The lowest BCUT2D eigenvalue weighted by Crippen LogP contribution is -2.42. The Balaban J connectivity index is 0.00000240. The van der Waals surface area contributed by atoms with Crippen molar-refractivity contribution >= 4 is 41.5 Å². The molecule has 1 unspecified atom stereocenters. The van der Waals surface area contributed by atoms with Crippen LogP contribution in [0.5, 0.6) is 0 Å². The van der Waals surface area contributed by atoms with Gasteiger partial charge in [0.2, 0.25) is 11.7 Å². The highest BCUT2D eigenvalue weighted by atomic mass is 127. The van der Waals surface area contributed by atoms with E-state index in [0.29, 0.717) is 29.3 Å². The Morgan fingerprint density at radius 1 is 1.31 bits per heavy atom. The predicted octanol–water partition coefficient (Wildman–Crippen LogP) is 3.64. The Labute approximate surface area is 193 Å². The lowest BCUT2D eigenvalue weighted by atomic mass is 10.2. The maximum absolute atomic E-state index is 6.05. The molecule has 0 aliphatic carbocycles. The fourth-order valence-electron chi connectivity index (χ4n) is 3.97. The summed E-state index contributed by atoms with van der Waals surface area (Å²) >= 11 is 6.05. The molecule has 0 spiro atoms. The number of benzene rings is 1. The lowest BCUT2D eigenvalue weighted by Gasteiger charge is -2.25. The fourth-order valence-corrected chi connectivity index (χ4v) is 4.16. The normalized spacial score (nSPS) is 20.1. The summed E-state index contributed by atoms with van der Waals surface area (Å²) in [5, 5.41) is 8.11. The van der Waals surface area contributed by atoms with Crippen molar-refractivity contribution in [2.75, 3.05) is 32.7 Å². The van der Waals surface area contributed by atoms with Crippen molar-refractivity contribution in [3.05, 3.63) is 35.2 Å². The van der Waals surface area contributed by atoms with Crippen LogP contribution in [0.1, 0.15) is 32.1 Å². The van der Waals surface area contributed by atoms with E-state index in [9.17, 15) is 0 Å². The monoisotopic (exact) mass is 530 g/mol.